The van der Waals surface area contributed by atoms with Crippen LogP contribution in [0.1, 0.15) is 36.7 Å². The number of nitrogens with zero attached hydrogens (tertiary/aromatic N) is 2. The average molecular weight is 414 g/mol. The number of nitrogens with one attached hydrogen (secondary N) is 1. The van der Waals surface area contributed by atoms with Crippen molar-refractivity contribution < 1.29 is 4.79 Å². The topological polar surface area (TPSA) is 54.9 Å². The zero-order valence-corrected chi connectivity index (χ0v) is 18.0. The van der Waals surface area contributed by atoms with Gasteiger partial charge in [-0.1, -0.05) is 45.0 Å². The highest BCUT2D eigenvalue weighted by molar-refractivity contribution is 7.13. The van der Waals surface area contributed by atoms with Gasteiger partial charge >= 0.3 is 0 Å². The van der Waals surface area contributed by atoms with E-state index in [0.29, 0.717) is 5.56 Å². The van der Waals surface area contributed by atoms with E-state index in [0.717, 1.165) is 27.5 Å². The van der Waals surface area contributed by atoms with Crippen LogP contribution in [0.2, 0.25) is 0 Å². The van der Waals surface area contributed by atoms with Gasteiger partial charge in [-0.15, -0.1) is 11.3 Å². The molecule has 0 aliphatic heterocycles. The van der Waals surface area contributed by atoms with Gasteiger partial charge in [0.1, 0.15) is 5.01 Å². The molecule has 0 spiro atoms. The fourth-order valence-corrected chi connectivity index (χ4v) is 3.93. The van der Waals surface area contributed by atoms with Crippen LogP contribution in [0.15, 0.2) is 78.4 Å². The van der Waals surface area contributed by atoms with Crippen molar-refractivity contribution in [1.29, 1.82) is 0 Å². The van der Waals surface area contributed by atoms with E-state index in [9.17, 15) is 4.79 Å². The van der Waals surface area contributed by atoms with Crippen LogP contribution in [0, 0.1) is 0 Å². The van der Waals surface area contributed by atoms with Gasteiger partial charge in [0, 0.05) is 40.2 Å². The highest BCUT2D eigenvalue weighted by Gasteiger charge is 2.15. The molecular formula is C25H23N3OS. The van der Waals surface area contributed by atoms with E-state index in [4.69, 9.17) is 4.98 Å². The number of amides is 1. The molecule has 0 bridgehead atoms. The SMILES string of the molecule is CC(C)(C)c1ccc(C(=O)Nc2cccc(-c3csc(-c4cccnc4)n3)c2)cc1. The Hall–Kier alpha value is -3.31. The molecule has 0 fully saturated rings. The first-order valence-electron chi connectivity index (χ1n) is 9.78. The summed E-state index contributed by atoms with van der Waals surface area (Å²) in [5.74, 6) is -0.123. The van der Waals surface area contributed by atoms with E-state index in [2.05, 4.69) is 31.1 Å². The fourth-order valence-electron chi connectivity index (χ4n) is 3.11. The maximum absolute atomic E-state index is 12.7. The number of anilines is 1. The van der Waals surface area contributed by atoms with E-state index in [1.165, 1.54) is 5.56 Å². The largest absolute Gasteiger partial charge is 0.322 e. The Bertz CT molecular complexity index is 1160. The molecule has 4 aromatic rings. The van der Waals surface area contributed by atoms with Gasteiger partial charge in [-0.05, 0) is 47.4 Å². The van der Waals surface area contributed by atoms with Crippen LogP contribution < -0.4 is 5.32 Å². The number of pyridine rings is 1. The first kappa shape index (κ1) is 20.0. The molecule has 0 saturated heterocycles. The van der Waals surface area contributed by atoms with Crippen molar-refractivity contribution in [3.05, 3.63) is 89.6 Å². The lowest BCUT2D eigenvalue weighted by molar-refractivity contribution is 0.102. The van der Waals surface area contributed by atoms with Gasteiger partial charge in [0.25, 0.3) is 5.91 Å². The van der Waals surface area contributed by atoms with Crippen molar-refractivity contribution in [2.45, 2.75) is 26.2 Å². The number of benzene rings is 2. The summed E-state index contributed by atoms with van der Waals surface area (Å²) in [6, 6.07) is 19.4. The van der Waals surface area contributed by atoms with Gasteiger partial charge in [-0.25, -0.2) is 4.98 Å². The third-order valence-corrected chi connectivity index (χ3v) is 5.73. The summed E-state index contributed by atoms with van der Waals surface area (Å²) in [6.07, 6.45) is 3.56. The molecule has 5 heteroatoms. The second kappa shape index (κ2) is 8.20. The van der Waals surface area contributed by atoms with Crippen LogP contribution >= 0.6 is 11.3 Å². The fraction of sp³-hybridized carbons (Fsp3) is 0.160. The third kappa shape index (κ3) is 4.47. The first-order valence-corrected chi connectivity index (χ1v) is 10.7. The molecule has 0 unspecified atom stereocenters. The Balaban J connectivity index is 1.51. The molecule has 4 rings (SSSR count). The molecule has 2 heterocycles. The monoisotopic (exact) mass is 413 g/mol. The Morgan fingerprint density at radius 3 is 2.43 bits per heavy atom. The summed E-state index contributed by atoms with van der Waals surface area (Å²) < 4.78 is 0. The zero-order valence-electron chi connectivity index (χ0n) is 17.2. The molecule has 2 aromatic heterocycles. The van der Waals surface area contributed by atoms with Crippen molar-refractivity contribution in [2.75, 3.05) is 5.32 Å². The highest BCUT2D eigenvalue weighted by Crippen LogP contribution is 2.29. The molecule has 2 aromatic carbocycles. The number of carbonyl (C=O) groups is 1. The predicted octanol–water partition coefficient (Wildman–Crippen LogP) is 6.42. The minimum Gasteiger partial charge on any atom is -0.322 e. The van der Waals surface area contributed by atoms with Crippen molar-refractivity contribution in [3.63, 3.8) is 0 Å². The van der Waals surface area contributed by atoms with Crippen molar-refractivity contribution in [2.24, 2.45) is 0 Å². The lowest BCUT2D eigenvalue weighted by Gasteiger charge is -2.19. The van der Waals surface area contributed by atoms with Crippen molar-refractivity contribution >= 4 is 22.9 Å². The minimum absolute atomic E-state index is 0.0610. The molecular weight excluding hydrogens is 390 g/mol. The van der Waals surface area contributed by atoms with Gasteiger partial charge < -0.3 is 5.32 Å². The summed E-state index contributed by atoms with van der Waals surface area (Å²) in [6.45, 7) is 6.48. The van der Waals surface area contributed by atoms with Crippen LogP contribution in [-0.2, 0) is 5.41 Å². The molecule has 0 radical (unpaired) electrons. The van der Waals surface area contributed by atoms with E-state index >= 15 is 0 Å². The quantitative estimate of drug-likeness (QED) is 0.420. The highest BCUT2D eigenvalue weighted by atomic mass is 32.1. The standard InChI is InChI=1S/C25H23N3OS/c1-25(2,3)20-11-9-17(10-12-20)23(29)27-21-8-4-6-18(14-21)22-16-30-24(28-22)19-7-5-13-26-15-19/h4-16H,1-3H3,(H,27,29). The van der Waals surface area contributed by atoms with E-state index in [-0.39, 0.29) is 11.3 Å². The number of carbonyl (C=O) groups excluding carboxylic acids is 1. The van der Waals surface area contributed by atoms with Gasteiger partial charge in [0.05, 0.1) is 5.69 Å². The normalized spacial score (nSPS) is 11.3. The summed E-state index contributed by atoms with van der Waals surface area (Å²) in [5, 5.41) is 5.94. The van der Waals surface area contributed by atoms with Gasteiger partial charge in [-0.2, -0.15) is 0 Å². The molecule has 150 valence electrons. The van der Waals surface area contributed by atoms with Crippen LogP contribution in [0.3, 0.4) is 0 Å². The van der Waals surface area contributed by atoms with Crippen molar-refractivity contribution in [3.8, 4) is 21.8 Å². The van der Waals surface area contributed by atoms with Crippen LogP contribution in [-0.4, -0.2) is 15.9 Å². The molecule has 0 saturated carbocycles. The van der Waals surface area contributed by atoms with Crippen molar-refractivity contribution in [1.82, 2.24) is 9.97 Å². The Labute approximate surface area is 180 Å². The van der Waals surface area contributed by atoms with E-state index < -0.39 is 0 Å². The van der Waals surface area contributed by atoms with Crippen LogP contribution in [0.5, 0.6) is 0 Å². The second-order valence-corrected chi connectivity index (χ2v) is 9.00. The smallest absolute Gasteiger partial charge is 0.255 e. The molecule has 0 aliphatic rings. The lowest BCUT2D eigenvalue weighted by atomic mass is 9.87. The van der Waals surface area contributed by atoms with Gasteiger partial charge in [0.15, 0.2) is 0 Å². The van der Waals surface area contributed by atoms with E-state index in [1.54, 1.807) is 17.5 Å². The Morgan fingerprint density at radius 1 is 0.967 bits per heavy atom. The summed E-state index contributed by atoms with van der Waals surface area (Å²) in [4.78, 5) is 21.6. The van der Waals surface area contributed by atoms with E-state index in [1.807, 2.05) is 72.2 Å². The average Bonchev–Trinajstić information content (AvgIpc) is 3.24. The zero-order chi connectivity index (χ0) is 21.1. The molecule has 4 nitrogen and oxygen atoms in total. The minimum atomic E-state index is -0.123. The summed E-state index contributed by atoms with van der Waals surface area (Å²) in [5.41, 5.74) is 5.48. The Morgan fingerprint density at radius 2 is 1.73 bits per heavy atom. The lowest BCUT2D eigenvalue weighted by Crippen LogP contribution is -2.14. The number of thiazole rings is 1. The molecule has 0 aliphatic carbocycles. The molecule has 0 atom stereocenters. The number of hydrogen-bond acceptors (Lipinski definition) is 4. The number of aromatic nitrogens is 2. The maximum Gasteiger partial charge on any atom is 0.255 e. The van der Waals surface area contributed by atoms with Gasteiger partial charge in [-0.3, -0.25) is 9.78 Å². The Kier molecular flexibility index (Phi) is 5.46. The number of rotatable bonds is 4. The maximum atomic E-state index is 12.7. The predicted molar refractivity (Wildman–Crippen MR) is 124 cm³/mol. The number of hydrogen-bond donors (Lipinski definition) is 1. The van der Waals surface area contributed by atoms with Gasteiger partial charge in [0.2, 0.25) is 0 Å². The third-order valence-electron chi connectivity index (χ3n) is 4.84. The molecule has 30 heavy (non-hydrogen) atoms. The molecule has 1 N–H and O–H groups in total. The molecule has 1 amide bonds. The summed E-state index contributed by atoms with van der Waals surface area (Å²) in [7, 11) is 0. The van der Waals surface area contributed by atoms with Crippen LogP contribution in [0.25, 0.3) is 21.8 Å². The summed E-state index contributed by atoms with van der Waals surface area (Å²) >= 11 is 1.58. The van der Waals surface area contributed by atoms with Crippen LogP contribution in [0.4, 0.5) is 5.69 Å². The first-order chi connectivity index (χ1) is 14.4. The second-order valence-electron chi connectivity index (χ2n) is 8.14.